The predicted octanol–water partition coefficient (Wildman–Crippen LogP) is 3.94. The molecule has 2 aromatic heterocycles. The summed E-state index contributed by atoms with van der Waals surface area (Å²) in [6.45, 7) is 0. The van der Waals surface area contributed by atoms with Crippen LogP contribution in [0.25, 0.3) is 11.4 Å². The van der Waals surface area contributed by atoms with Gasteiger partial charge in [0.1, 0.15) is 11.6 Å². The number of aromatic nitrogens is 3. The average molecular weight is 455 g/mol. The van der Waals surface area contributed by atoms with Crippen molar-refractivity contribution in [1.82, 2.24) is 19.9 Å². The van der Waals surface area contributed by atoms with Gasteiger partial charge >= 0.3 is 6.18 Å². The second kappa shape index (κ2) is 6.97. The molecule has 3 saturated heterocycles. The first-order valence-electron chi connectivity index (χ1n) is 10.6. The fourth-order valence-electron chi connectivity index (χ4n) is 5.44. The third-order valence-corrected chi connectivity index (χ3v) is 6.77. The Hall–Kier alpha value is -3.56. The molecule has 3 aliphatic rings. The van der Waals surface area contributed by atoms with Crippen LogP contribution in [0.4, 0.5) is 23.4 Å². The molecule has 168 valence electrons. The van der Waals surface area contributed by atoms with E-state index < -0.39 is 17.6 Å². The largest absolute Gasteiger partial charge is 0.417 e. The van der Waals surface area contributed by atoms with Crippen molar-refractivity contribution in [2.24, 2.45) is 0 Å². The van der Waals surface area contributed by atoms with E-state index in [0.29, 0.717) is 5.82 Å². The zero-order valence-electron chi connectivity index (χ0n) is 17.1. The Morgan fingerprint density at radius 2 is 1.64 bits per heavy atom. The summed E-state index contributed by atoms with van der Waals surface area (Å²) < 4.78 is 53.3. The maximum atomic E-state index is 14.7. The molecule has 0 N–H and O–H groups in total. The number of hydrogen-bond acceptors (Lipinski definition) is 5. The van der Waals surface area contributed by atoms with Crippen molar-refractivity contribution in [3.8, 4) is 11.4 Å². The topological polar surface area (TPSA) is 62.0 Å². The van der Waals surface area contributed by atoms with E-state index >= 15 is 0 Å². The number of halogens is 4. The van der Waals surface area contributed by atoms with Gasteiger partial charge in [-0.15, -0.1) is 0 Å². The van der Waals surface area contributed by atoms with Crippen molar-refractivity contribution in [3.05, 3.63) is 71.9 Å². The molecule has 4 atom stereocenters. The smallest absolute Gasteiger partial charge is 0.342 e. The number of carbonyl (C=O) groups excluding carboxylic acids is 1. The molecule has 2 bridgehead atoms. The summed E-state index contributed by atoms with van der Waals surface area (Å²) in [5, 5.41) is 0. The molecule has 0 aliphatic carbocycles. The Morgan fingerprint density at radius 1 is 0.939 bits per heavy atom. The summed E-state index contributed by atoms with van der Waals surface area (Å²) in [5.74, 6) is -0.228. The van der Waals surface area contributed by atoms with Crippen LogP contribution in [-0.4, -0.2) is 49.9 Å². The number of fused-ring (bicyclic) bond motifs is 5. The summed E-state index contributed by atoms with van der Waals surface area (Å²) >= 11 is 0. The molecule has 33 heavy (non-hydrogen) atoms. The van der Waals surface area contributed by atoms with Gasteiger partial charge in [-0.3, -0.25) is 4.79 Å². The molecule has 0 saturated carbocycles. The number of hydrogen-bond donors (Lipinski definition) is 0. The van der Waals surface area contributed by atoms with Crippen LogP contribution in [0.2, 0.25) is 0 Å². The molecular weight excluding hydrogens is 438 g/mol. The van der Waals surface area contributed by atoms with Crippen LogP contribution in [0, 0.1) is 5.82 Å². The lowest BCUT2D eigenvalue weighted by atomic mass is 10.0. The summed E-state index contributed by atoms with van der Waals surface area (Å²) in [6, 6.07) is 8.16. The Labute approximate surface area is 185 Å². The molecule has 5 heterocycles. The van der Waals surface area contributed by atoms with Crippen molar-refractivity contribution < 1.29 is 22.4 Å². The summed E-state index contributed by atoms with van der Waals surface area (Å²) in [4.78, 5) is 29.6. The highest BCUT2D eigenvalue weighted by Crippen LogP contribution is 2.54. The Morgan fingerprint density at radius 3 is 2.24 bits per heavy atom. The molecule has 6 nitrogen and oxygen atoms in total. The van der Waals surface area contributed by atoms with Gasteiger partial charge in [-0.05, 0) is 43.2 Å². The Bertz CT molecular complexity index is 1220. The minimum absolute atomic E-state index is 0.00178. The summed E-state index contributed by atoms with van der Waals surface area (Å²) in [6.07, 6.45) is 0.947. The fraction of sp³-hybridized carbons (Fsp3) is 0.304. The van der Waals surface area contributed by atoms with E-state index in [2.05, 4.69) is 15.0 Å². The van der Waals surface area contributed by atoms with Crippen molar-refractivity contribution in [2.75, 3.05) is 4.90 Å². The number of anilines is 1. The van der Waals surface area contributed by atoms with Crippen molar-refractivity contribution in [1.29, 1.82) is 0 Å². The van der Waals surface area contributed by atoms with Crippen molar-refractivity contribution >= 4 is 11.7 Å². The van der Waals surface area contributed by atoms with Crippen LogP contribution in [0.15, 0.2) is 55.0 Å². The number of alkyl halides is 3. The number of carbonyl (C=O) groups is 1. The van der Waals surface area contributed by atoms with Crippen LogP contribution in [-0.2, 0) is 6.18 Å². The van der Waals surface area contributed by atoms with Gasteiger partial charge < -0.3 is 9.80 Å². The van der Waals surface area contributed by atoms with Crippen molar-refractivity contribution in [3.63, 3.8) is 0 Å². The van der Waals surface area contributed by atoms with Crippen LogP contribution in [0.1, 0.15) is 28.8 Å². The SMILES string of the molecule is O=C(c1cccc(F)c1-c1ncccn1)N1C2CCC1C1C2N1c1ccc(C(F)(F)F)cn1. The summed E-state index contributed by atoms with van der Waals surface area (Å²) in [7, 11) is 0. The van der Waals surface area contributed by atoms with E-state index in [1.807, 2.05) is 4.90 Å². The minimum Gasteiger partial charge on any atom is -0.342 e. The van der Waals surface area contributed by atoms with E-state index in [-0.39, 0.29) is 47.0 Å². The van der Waals surface area contributed by atoms with Gasteiger partial charge in [0.15, 0.2) is 5.82 Å². The van der Waals surface area contributed by atoms with E-state index in [1.165, 1.54) is 30.6 Å². The van der Waals surface area contributed by atoms with E-state index in [0.717, 1.165) is 25.1 Å². The first-order chi connectivity index (χ1) is 15.9. The van der Waals surface area contributed by atoms with Crippen LogP contribution in [0.5, 0.6) is 0 Å². The Kier molecular flexibility index (Phi) is 4.24. The fourth-order valence-corrected chi connectivity index (χ4v) is 5.44. The highest BCUT2D eigenvalue weighted by atomic mass is 19.4. The zero-order chi connectivity index (χ0) is 22.9. The molecule has 3 fully saturated rings. The standard InChI is InChI=1S/C23H17F4N5O/c24-14-4-1-3-13(18(14)21-28-9-2-10-29-21)22(33)31-15-6-7-16(31)20-19(15)32(20)17-8-5-12(11-30-17)23(25,26)27/h1-5,8-11,15-16,19-20H,6-7H2. The monoisotopic (exact) mass is 455 g/mol. The Balaban J connectivity index is 1.28. The molecule has 0 spiro atoms. The van der Waals surface area contributed by atoms with E-state index in [4.69, 9.17) is 0 Å². The maximum Gasteiger partial charge on any atom is 0.417 e. The number of benzene rings is 1. The molecule has 10 heteroatoms. The zero-order valence-corrected chi connectivity index (χ0v) is 17.1. The maximum absolute atomic E-state index is 14.7. The second-order valence-electron chi connectivity index (χ2n) is 8.45. The van der Waals surface area contributed by atoms with E-state index in [9.17, 15) is 22.4 Å². The van der Waals surface area contributed by atoms with Gasteiger partial charge in [0.2, 0.25) is 0 Å². The number of amides is 1. The molecule has 4 unspecified atom stereocenters. The van der Waals surface area contributed by atoms with Crippen LogP contribution < -0.4 is 4.90 Å². The molecule has 3 aliphatic heterocycles. The molecule has 6 rings (SSSR count). The van der Waals surface area contributed by atoms with E-state index in [1.54, 1.807) is 17.0 Å². The highest BCUT2D eigenvalue weighted by Gasteiger charge is 2.69. The van der Waals surface area contributed by atoms with Gasteiger partial charge in [-0.1, -0.05) is 6.07 Å². The molecular formula is C23H17F4N5O. The highest BCUT2D eigenvalue weighted by molar-refractivity contribution is 6.01. The first kappa shape index (κ1) is 20.1. The van der Waals surface area contributed by atoms with Gasteiger partial charge in [0, 0.05) is 18.6 Å². The normalized spacial score (nSPS) is 25.3. The van der Waals surface area contributed by atoms with Crippen LogP contribution >= 0.6 is 0 Å². The molecule has 0 radical (unpaired) electrons. The quantitative estimate of drug-likeness (QED) is 0.442. The molecule has 1 aromatic carbocycles. The van der Waals surface area contributed by atoms with Crippen molar-refractivity contribution in [2.45, 2.75) is 43.2 Å². The minimum atomic E-state index is -4.44. The number of pyridine rings is 1. The molecule has 1 amide bonds. The first-order valence-corrected chi connectivity index (χ1v) is 10.6. The third kappa shape index (κ3) is 3.00. The molecule has 3 aromatic rings. The van der Waals surface area contributed by atoms with Gasteiger partial charge in [-0.2, -0.15) is 13.2 Å². The second-order valence-corrected chi connectivity index (χ2v) is 8.45. The summed E-state index contributed by atoms with van der Waals surface area (Å²) in [5.41, 5.74) is -0.511. The number of nitrogens with zero attached hydrogens (tertiary/aromatic N) is 5. The number of rotatable bonds is 3. The van der Waals surface area contributed by atoms with Gasteiger partial charge in [0.25, 0.3) is 5.91 Å². The predicted molar refractivity (Wildman–Crippen MR) is 110 cm³/mol. The van der Waals surface area contributed by atoms with Gasteiger partial charge in [-0.25, -0.2) is 19.3 Å². The number of piperazine rings is 1. The van der Waals surface area contributed by atoms with Crippen LogP contribution in [0.3, 0.4) is 0 Å². The third-order valence-electron chi connectivity index (χ3n) is 6.77. The van der Waals surface area contributed by atoms with Gasteiger partial charge in [0.05, 0.1) is 40.9 Å². The lowest BCUT2D eigenvalue weighted by molar-refractivity contribution is -0.137. The lowest BCUT2D eigenvalue weighted by Crippen LogP contribution is -2.43. The average Bonchev–Trinajstić information content (AvgIpc) is 3.32. The lowest BCUT2D eigenvalue weighted by Gasteiger charge is -2.29.